The molecule has 0 unspecified atom stereocenters. The Labute approximate surface area is 313 Å². The molecule has 0 aliphatic carbocycles. The molecule has 0 aliphatic rings. The van der Waals surface area contributed by atoms with Crippen molar-refractivity contribution in [2.75, 3.05) is 31.6 Å². The second kappa shape index (κ2) is 14.6. The quantitative estimate of drug-likeness (QED) is 0.0674. The van der Waals surface area contributed by atoms with Crippen LogP contribution in [0, 0.1) is 0 Å². The summed E-state index contributed by atoms with van der Waals surface area (Å²) in [6, 6.07) is 45.7. The van der Waals surface area contributed by atoms with Gasteiger partial charge in [-0.1, -0.05) is 72.8 Å². The normalized spacial score (nSPS) is 11.9. The molecule has 0 fully saturated rings. The third-order valence-electron chi connectivity index (χ3n) is 9.11. The van der Waals surface area contributed by atoms with Crippen LogP contribution < -0.4 is 20.1 Å². The Morgan fingerprint density at radius 3 is 0.963 bits per heavy atom. The van der Waals surface area contributed by atoms with Crippen LogP contribution in [0.15, 0.2) is 146 Å². The number of anilines is 6. The van der Waals surface area contributed by atoms with Crippen molar-refractivity contribution in [1.29, 1.82) is 0 Å². The molecule has 2 aromatic heterocycles. The van der Waals surface area contributed by atoms with Gasteiger partial charge in [-0.3, -0.25) is 9.44 Å². The molecule has 4 N–H and O–H groups in total. The van der Waals surface area contributed by atoms with Gasteiger partial charge in [0.2, 0.25) is 20.0 Å². The van der Waals surface area contributed by atoms with Crippen LogP contribution >= 0.6 is 0 Å². The van der Waals surface area contributed by atoms with Crippen LogP contribution in [0.5, 0.6) is 0 Å². The molecule has 8 aromatic rings. The zero-order valence-electron chi connectivity index (χ0n) is 29.0. The number of rotatable bonds is 13. The van der Waals surface area contributed by atoms with Gasteiger partial charge in [0.25, 0.3) is 0 Å². The van der Waals surface area contributed by atoms with E-state index < -0.39 is 20.0 Å². The van der Waals surface area contributed by atoms with E-state index in [9.17, 15) is 16.8 Å². The van der Waals surface area contributed by atoms with Gasteiger partial charge in [-0.15, -0.1) is 0 Å². The summed E-state index contributed by atoms with van der Waals surface area (Å²) in [7, 11) is -7.41. The maximum Gasteiger partial charge on any atom is 0.232 e. The van der Waals surface area contributed by atoms with E-state index >= 15 is 0 Å². The Balaban J connectivity index is 0.844. The molecule has 8 rings (SSSR count). The third kappa shape index (κ3) is 7.75. The van der Waals surface area contributed by atoms with E-state index in [0.29, 0.717) is 11.4 Å². The van der Waals surface area contributed by atoms with Crippen molar-refractivity contribution in [1.82, 2.24) is 9.97 Å². The topological polar surface area (TPSA) is 142 Å². The molecular formula is C42H36N6O4S2. The Bertz CT molecular complexity index is 2560. The first-order valence-corrected chi connectivity index (χ1v) is 20.8. The Kier molecular flexibility index (Phi) is 9.45. The minimum absolute atomic E-state index is 0.175. The van der Waals surface area contributed by atoms with Crippen molar-refractivity contribution in [3.05, 3.63) is 146 Å². The van der Waals surface area contributed by atoms with E-state index in [4.69, 9.17) is 9.97 Å². The molecule has 0 aliphatic heterocycles. The lowest BCUT2D eigenvalue weighted by Crippen LogP contribution is -2.20. The molecule has 6 aromatic carbocycles. The van der Waals surface area contributed by atoms with Crippen LogP contribution in [0.4, 0.5) is 34.1 Å². The van der Waals surface area contributed by atoms with Gasteiger partial charge in [0.05, 0.1) is 44.9 Å². The second-order valence-electron chi connectivity index (χ2n) is 13.0. The first-order chi connectivity index (χ1) is 26.2. The van der Waals surface area contributed by atoms with Crippen molar-refractivity contribution in [2.45, 2.75) is 12.8 Å². The molecule has 2 heterocycles. The molecule has 0 atom stereocenters. The summed E-state index contributed by atoms with van der Waals surface area (Å²) < 4.78 is 56.8. The van der Waals surface area contributed by atoms with Gasteiger partial charge in [0.1, 0.15) is 0 Å². The fraction of sp³-hybridized carbons (Fsp3) is 0.0952. The molecule has 10 nitrogen and oxygen atoms in total. The van der Waals surface area contributed by atoms with Crippen molar-refractivity contribution >= 4 is 97.8 Å². The molecule has 54 heavy (non-hydrogen) atoms. The zero-order chi connectivity index (χ0) is 37.1. The third-order valence-corrected chi connectivity index (χ3v) is 11.9. The Morgan fingerprint density at radius 1 is 0.370 bits per heavy atom. The minimum atomic E-state index is -3.70. The number of aromatic nitrogens is 2. The average Bonchev–Trinajstić information content (AvgIpc) is 3.17. The first kappa shape index (κ1) is 34.8. The molecule has 0 spiro atoms. The summed E-state index contributed by atoms with van der Waals surface area (Å²) in [5.41, 5.74) is 7.76. The standard InChI is InChI=1S/C42H36N6O4S2/c49-53(50,47-31-23-19-29(20-24-31)43-41-33-11-1-5-15-37(33)45-38-16-6-2-12-34(38)41)27-9-10-28-54(51,52)48-32-25-21-30(22-26-32)44-42-35-13-3-7-17-39(35)46-40-18-8-4-14-36(40)42/h1-8,11-26,47-48H,9-10,27-28H2,(H,43,45)(H,44,46). The highest BCUT2D eigenvalue weighted by atomic mass is 32.2. The predicted molar refractivity (Wildman–Crippen MR) is 222 cm³/mol. The van der Waals surface area contributed by atoms with Crippen LogP contribution in [-0.2, 0) is 20.0 Å². The Morgan fingerprint density at radius 2 is 0.648 bits per heavy atom. The molecule has 270 valence electrons. The van der Waals surface area contributed by atoms with Crippen LogP contribution in [-0.4, -0.2) is 38.3 Å². The van der Waals surface area contributed by atoms with E-state index in [2.05, 4.69) is 20.1 Å². The van der Waals surface area contributed by atoms with Crippen molar-refractivity contribution < 1.29 is 16.8 Å². The highest BCUT2D eigenvalue weighted by molar-refractivity contribution is 7.93. The van der Waals surface area contributed by atoms with Gasteiger partial charge in [0.15, 0.2) is 0 Å². The summed E-state index contributed by atoms with van der Waals surface area (Å²) in [6.07, 6.45) is 0.351. The van der Waals surface area contributed by atoms with Crippen LogP contribution in [0.1, 0.15) is 12.8 Å². The first-order valence-electron chi connectivity index (χ1n) is 17.5. The average molecular weight is 753 g/mol. The van der Waals surface area contributed by atoms with E-state index in [0.717, 1.165) is 66.4 Å². The number of fused-ring (bicyclic) bond motifs is 4. The fourth-order valence-corrected chi connectivity index (χ4v) is 8.89. The number of para-hydroxylation sites is 4. The number of unbranched alkanes of at least 4 members (excludes halogenated alkanes) is 1. The summed E-state index contributed by atoms with van der Waals surface area (Å²) in [6.45, 7) is 0. The second-order valence-corrected chi connectivity index (χ2v) is 16.7. The number of nitrogens with zero attached hydrogens (tertiary/aromatic N) is 2. The van der Waals surface area contributed by atoms with Crippen molar-refractivity contribution in [2.24, 2.45) is 0 Å². The highest BCUT2D eigenvalue weighted by Crippen LogP contribution is 2.35. The van der Waals surface area contributed by atoms with Crippen LogP contribution in [0.25, 0.3) is 43.6 Å². The highest BCUT2D eigenvalue weighted by Gasteiger charge is 2.16. The number of nitrogens with one attached hydrogen (secondary N) is 4. The number of pyridine rings is 2. The van der Waals surface area contributed by atoms with Crippen molar-refractivity contribution in [3.63, 3.8) is 0 Å². The van der Waals surface area contributed by atoms with E-state index in [1.165, 1.54) is 0 Å². The molecule has 0 amide bonds. The molecular weight excluding hydrogens is 717 g/mol. The monoisotopic (exact) mass is 752 g/mol. The summed E-state index contributed by atoms with van der Waals surface area (Å²) in [5.74, 6) is -0.424. The van der Waals surface area contributed by atoms with E-state index in [1.54, 1.807) is 24.3 Å². The Hall–Kier alpha value is -6.24. The number of sulfonamides is 2. The molecule has 0 radical (unpaired) electrons. The van der Waals surface area contributed by atoms with Gasteiger partial charge < -0.3 is 10.6 Å². The predicted octanol–water partition coefficient (Wildman–Crippen LogP) is 9.54. The van der Waals surface area contributed by atoms with E-state index in [1.807, 2.05) is 121 Å². The summed E-state index contributed by atoms with van der Waals surface area (Å²) >= 11 is 0. The SMILES string of the molecule is O=S(=O)(CCCCS(=O)(=O)Nc1ccc(Nc2c3ccccc3nc3ccccc23)cc1)Nc1ccc(Nc2c3ccccc3nc3ccccc23)cc1. The smallest absolute Gasteiger partial charge is 0.232 e. The fourth-order valence-electron chi connectivity index (χ4n) is 6.53. The van der Waals surface area contributed by atoms with E-state index in [-0.39, 0.29) is 24.3 Å². The number of hydrogen-bond acceptors (Lipinski definition) is 8. The van der Waals surface area contributed by atoms with Gasteiger partial charge in [-0.2, -0.15) is 0 Å². The summed E-state index contributed by atoms with van der Waals surface area (Å²) in [4.78, 5) is 9.54. The minimum Gasteiger partial charge on any atom is -0.354 e. The molecule has 0 saturated carbocycles. The molecule has 12 heteroatoms. The van der Waals surface area contributed by atoms with Crippen LogP contribution in [0.2, 0.25) is 0 Å². The maximum atomic E-state index is 12.9. The van der Waals surface area contributed by atoms with Crippen molar-refractivity contribution in [3.8, 4) is 0 Å². The van der Waals surface area contributed by atoms with Gasteiger partial charge in [-0.25, -0.2) is 26.8 Å². The summed E-state index contributed by atoms with van der Waals surface area (Å²) in [5, 5.41) is 10.9. The lowest BCUT2D eigenvalue weighted by Gasteiger charge is -2.14. The zero-order valence-corrected chi connectivity index (χ0v) is 30.7. The van der Waals surface area contributed by atoms with Gasteiger partial charge in [0, 0.05) is 44.3 Å². The molecule has 0 bridgehead atoms. The van der Waals surface area contributed by atoms with Gasteiger partial charge in [-0.05, 0) is 85.6 Å². The molecule has 0 saturated heterocycles. The largest absolute Gasteiger partial charge is 0.354 e. The maximum absolute atomic E-state index is 12.9. The number of benzene rings is 6. The lowest BCUT2D eigenvalue weighted by molar-refractivity contribution is 0.590. The number of hydrogen-bond donors (Lipinski definition) is 4. The van der Waals surface area contributed by atoms with Crippen LogP contribution in [0.3, 0.4) is 0 Å². The van der Waals surface area contributed by atoms with Gasteiger partial charge >= 0.3 is 0 Å². The lowest BCUT2D eigenvalue weighted by atomic mass is 10.1.